The largest absolute Gasteiger partial charge is 0.298 e. The van der Waals surface area contributed by atoms with Gasteiger partial charge < -0.3 is 0 Å². The third-order valence-electron chi connectivity index (χ3n) is 3.22. The van der Waals surface area contributed by atoms with Crippen LogP contribution < -0.4 is 5.32 Å². The molecule has 3 aromatic rings. The molecular formula is C18H11ClF2N2OS. The zero-order valence-corrected chi connectivity index (χ0v) is 14.2. The Kier molecular flexibility index (Phi) is 5.21. The molecule has 2 aromatic carbocycles. The van der Waals surface area contributed by atoms with Gasteiger partial charge in [-0.25, -0.2) is 13.8 Å². The van der Waals surface area contributed by atoms with Crippen LogP contribution in [0.5, 0.6) is 0 Å². The maximum Gasteiger partial charge on any atom is 0.250 e. The van der Waals surface area contributed by atoms with Crippen LogP contribution in [0.2, 0.25) is 5.02 Å². The fraction of sp³-hybridized carbons (Fsp3) is 0. The van der Waals surface area contributed by atoms with Gasteiger partial charge in [0, 0.05) is 28.1 Å². The maximum absolute atomic E-state index is 13.8. The molecule has 25 heavy (non-hydrogen) atoms. The van der Waals surface area contributed by atoms with Crippen molar-refractivity contribution >= 4 is 40.1 Å². The quantitative estimate of drug-likeness (QED) is 0.620. The Bertz CT molecular complexity index is 956. The molecule has 1 heterocycles. The van der Waals surface area contributed by atoms with Gasteiger partial charge in [0.15, 0.2) is 5.13 Å². The van der Waals surface area contributed by atoms with Crippen molar-refractivity contribution in [3.05, 3.63) is 76.1 Å². The van der Waals surface area contributed by atoms with Crippen LogP contribution in [0.1, 0.15) is 5.56 Å². The van der Waals surface area contributed by atoms with Gasteiger partial charge in [-0.1, -0.05) is 23.7 Å². The zero-order chi connectivity index (χ0) is 17.8. The number of hydrogen-bond donors (Lipinski definition) is 1. The number of hydrogen-bond acceptors (Lipinski definition) is 3. The molecule has 126 valence electrons. The lowest BCUT2D eigenvalue weighted by Crippen LogP contribution is -2.07. The predicted octanol–water partition coefficient (Wildman–Crippen LogP) is 5.39. The molecule has 0 unspecified atom stereocenters. The molecular weight excluding hydrogens is 366 g/mol. The molecule has 0 spiro atoms. The molecule has 0 aliphatic heterocycles. The third kappa shape index (κ3) is 4.49. The van der Waals surface area contributed by atoms with E-state index in [4.69, 9.17) is 11.6 Å². The maximum atomic E-state index is 13.8. The van der Waals surface area contributed by atoms with Crippen LogP contribution in [-0.4, -0.2) is 10.9 Å². The van der Waals surface area contributed by atoms with Gasteiger partial charge in [-0.15, -0.1) is 11.3 Å². The third-order valence-corrected chi connectivity index (χ3v) is 4.21. The number of carbonyl (C=O) groups is 1. The van der Waals surface area contributed by atoms with Gasteiger partial charge in [0.05, 0.1) is 5.69 Å². The van der Waals surface area contributed by atoms with E-state index in [1.54, 1.807) is 29.7 Å². The van der Waals surface area contributed by atoms with Crippen molar-refractivity contribution in [2.75, 3.05) is 5.32 Å². The number of rotatable bonds is 4. The summed E-state index contributed by atoms with van der Waals surface area (Å²) in [5.41, 5.74) is 1.29. The summed E-state index contributed by atoms with van der Waals surface area (Å²) >= 11 is 7.03. The lowest BCUT2D eigenvalue weighted by Gasteiger charge is -1.99. The molecule has 0 aliphatic rings. The van der Waals surface area contributed by atoms with E-state index in [0.29, 0.717) is 15.8 Å². The van der Waals surface area contributed by atoms with Crippen molar-refractivity contribution in [1.82, 2.24) is 4.98 Å². The molecule has 3 nitrogen and oxygen atoms in total. The molecule has 3 rings (SSSR count). The van der Waals surface area contributed by atoms with Gasteiger partial charge in [0.1, 0.15) is 11.6 Å². The fourth-order valence-electron chi connectivity index (χ4n) is 2.08. The van der Waals surface area contributed by atoms with Gasteiger partial charge in [-0.2, -0.15) is 0 Å². The number of aromatic nitrogens is 1. The second-order valence-electron chi connectivity index (χ2n) is 5.04. The zero-order valence-electron chi connectivity index (χ0n) is 12.7. The molecule has 0 bridgehead atoms. The summed E-state index contributed by atoms with van der Waals surface area (Å²) in [6, 6.07) is 10.3. The number of benzene rings is 2. The van der Waals surface area contributed by atoms with Crippen LogP contribution in [0.3, 0.4) is 0 Å². The summed E-state index contributed by atoms with van der Waals surface area (Å²) in [5.74, 6) is -1.74. The average Bonchev–Trinajstić information content (AvgIpc) is 3.01. The highest BCUT2D eigenvalue weighted by molar-refractivity contribution is 7.14. The SMILES string of the molecule is O=C(C=Cc1cccc(Cl)c1)Nc1nc(-c2ccc(F)cc2F)cs1. The first-order valence-electron chi connectivity index (χ1n) is 7.17. The highest BCUT2D eigenvalue weighted by atomic mass is 35.5. The topological polar surface area (TPSA) is 42.0 Å². The molecule has 1 N–H and O–H groups in total. The first-order valence-corrected chi connectivity index (χ1v) is 8.42. The van der Waals surface area contributed by atoms with E-state index in [1.807, 2.05) is 6.07 Å². The first-order chi connectivity index (χ1) is 12.0. The molecule has 1 aromatic heterocycles. The Labute approximate surface area is 151 Å². The van der Waals surface area contributed by atoms with Gasteiger partial charge in [0.2, 0.25) is 5.91 Å². The van der Waals surface area contributed by atoms with E-state index in [2.05, 4.69) is 10.3 Å². The lowest BCUT2D eigenvalue weighted by atomic mass is 10.1. The van der Waals surface area contributed by atoms with E-state index in [-0.39, 0.29) is 11.5 Å². The monoisotopic (exact) mass is 376 g/mol. The highest BCUT2D eigenvalue weighted by Crippen LogP contribution is 2.27. The molecule has 0 radical (unpaired) electrons. The lowest BCUT2D eigenvalue weighted by molar-refractivity contribution is -0.111. The average molecular weight is 377 g/mol. The van der Waals surface area contributed by atoms with Gasteiger partial charge >= 0.3 is 0 Å². The van der Waals surface area contributed by atoms with Gasteiger partial charge in [0.25, 0.3) is 0 Å². The summed E-state index contributed by atoms with van der Waals surface area (Å²) < 4.78 is 26.7. The Morgan fingerprint density at radius 3 is 2.80 bits per heavy atom. The normalized spacial score (nSPS) is 11.0. The van der Waals surface area contributed by atoms with Crippen LogP contribution in [0.4, 0.5) is 13.9 Å². The van der Waals surface area contributed by atoms with E-state index >= 15 is 0 Å². The van der Waals surface area contributed by atoms with Crippen LogP contribution in [0.25, 0.3) is 17.3 Å². The second kappa shape index (κ2) is 7.55. The number of thiazole rings is 1. The molecule has 0 aliphatic carbocycles. The van der Waals surface area contributed by atoms with Crippen LogP contribution in [-0.2, 0) is 4.79 Å². The summed E-state index contributed by atoms with van der Waals surface area (Å²) in [6.45, 7) is 0. The van der Waals surface area contributed by atoms with Crippen molar-refractivity contribution in [3.63, 3.8) is 0 Å². The van der Waals surface area contributed by atoms with E-state index in [0.717, 1.165) is 29.0 Å². The van der Waals surface area contributed by atoms with E-state index < -0.39 is 11.6 Å². The Morgan fingerprint density at radius 1 is 1.20 bits per heavy atom. The van der Waals surface area contributed by atoms with Crippen molar-refractivity contribution < 1.29 is 13.6 Å². The van der Waals surface area contributed by atoms with Crippen molar-refractivity contribution in [1.29, 1.82) is 0 Å². The minimum atomic E-state index is -0.705. The van der Waals surface area contributed by atoms with Gasteiger partial charge in [-0.3, -0.25) is 10.1 Å². The Morgan fingerprint density at radius 2 is 2.04 bits per heavy atom. The minimum absolute atomic E-state index is 0.174. The molecule has 0 saturated heterocycles. The van der Waals surface area contributed by atoms with Crippen LogP contribution >= 0.6 is 22.9 Å². The summed E-state index contributed by atoms with van der Waals surface area (Å²) in [7, 11) is 0. The van der Waals surface area contributed by atoms with Crippen molar-refractivity contribution in [2.45, 2.75) is 0 Å². The highest BCUT2D eigenvalue weighted by Gasteiger charge is 2.11. The second-order valence-corrected chi connectivity index (χ2v) is 6.33. The van der Waals surface area contributed by atoms with Crippen LogP contribution in [0, 0.1) is 11.6 Å². The minimum Gasteiger partial charge on any atom is -0.298 e. The summed E-state index contributed by atoms with van der Waals surface area (Å²) in [6.07, 6.45) is 2.97. The molecule has 0 saturated carbocycles. The smallest absolute Gasteiger partial charge is 0.250 e. The van der Waals surface area contributed by atoms with E-state index in [1.165, 1.54) is 12.1 Å². The van der Waals surface area contributed by atoms with Crippen LogP contribution in [0.15, 0.2) is 53.9 Å². The van der Waals surface area contributed by atoms with E-state index in [9.17, 15) is 13.6 Å². The number of halogens is 3. The Hall–Kier alpha value is -2.57. The number of carbonyl (C=O) groups excluding carboxylic acids is 1. The molecule has 0 atom stereocenters. The summed E-state index contributed by atoms with van der Waals surface area (Å²) in [5, 5.41) is 5.09. The van der Waals surface area contributed by atoms with Gasteiger partial charge in [-0.05, 0) is 35.9 Å². The standard InChI is InChI=1S/C18H11ClF2N2OS/c19-12-3-1-2-11(8-12)4-7-17(24)23-18-22-16(10-25-18)14-6-5-13(20)9-15(14)21/h1-10H,(H,22,23,24). The van der Waals surface area contributed by atoms with Crippen molar-refractivity contribution in [3.8, 4) is 11.3 Å². The number of amides is 1. The number of anilines is 1. The first kappa shape index (κ1) is 17.3. The van der Waals surface area contributed by atoms with Crippen molar-refractivity contribution in [2.24, 2.45) is 0 Å². The number of nitrogens with one attached hydrogen (secondary N) is 1. The Balaban J connectivity index is 1.69. The summed E-state index contributed by atoms with van der Waals surface area (Å²) in [4.78, 5) is 16.1. The predicted molar refractivity (Wildman–Crippen MR) is 96.6 cm³/mol. The number of nitrogens with zero attached hydrogens (tertiary/aromatic N) is 1. The molecule has 7 heteroatoms. The molecule has 0 fully saturated rings. The molecule has 1 amide bonds. The fourth-order valence-corrected chi connectivity index (χ4v) is 2.99.